The molecule has 0 unspecified atom stereocenters. The lowest BCUT2D eigenvalue weighted by atomic mass is 9.95. The number of nitro groups is 1. The van der Waals surface area contributed by atoms with Crippen molar-refractivity contribution in [2.24, 2.45) is 5.92 Å². The Labute approximate surface area is 156 Å². The van der Waals surface area contributed by atoms with E-state index in [9.17, 15) is 14.9 Å². The average Bonchev–Trinajstić information content (AvgIpc) is 2.64. The summed E-state index contributed by atoms with van der Waals surface area (Å²) in [6.07, 6.45) is 1.51. The highest BCUT2D eigenvalue weighted by atomic mass is 35.5. The molecule has 0 saturated carbocycles. The fraction of sp³-hybridized carbons (Fsp3) is 0.316. The number of nitrogens with zero attached hydrogens (tertiary/aromatic N) is 2. The number of likely N-dealkylation sites (tertiary alicyclic amines) is 1. The summed E-state index contributed by atoms with van der Waals surface area (Å²) in [7, 11) is 0. The molecule has 1 saturated heterocycles. The van der Waals surface area contributed by atoms with Crippen LogP contribution in [0.3, 0.4) is 0 Å². The number of halogens is 1. The maximum Gasteiger partial charge on any atom is 0.271 e. The lowest BCUT2D eigenvalue weighted by molar-refractivity contribution is -0.384. The second kappa shape index (κ2) is 8.29. The van der Waals surface area contributed by atoms with Crippen molar-refractivity contribution in [1.82, 2.24) is 4.90 Å². The van der Waals surface area contributed by atoms with Gasteiger partial charge in [0.2, 0.25) is 5.91 Å². The summed E-state index contributed by atoms with van der Waals surface area (Å²) in [5, 5.41) is 14.4. The summed E-state index contributed by atoms with van der Waals surface area (Å²) in [5.41, 5.74) is 1.52. The Balaban J connectivity index is 1.53. The summed E-state index contributed by atoms with van der Waals surface area (Å²) >= 11 is 6.21. The van der Waals surface area contributed by atoms with Crippen LogP contribution in [0.2, 0.25) is 5.02 Å². The molecule has 0 atom stereocenters. The van der Waals surface area contributed by atoms with Crippen LogP contribution in [0.5, 0.6) is 0 Å². The van der Waals surface area contributed by atoms with Crippen molar-refractivity contribution in [3.8, 4) is 0 Å². The van der Waals surface area contributed by atoms with Crippen molar-refractivity contribution >= 4 is 28.9 Å². The molecule has 136 valence electrons. The van der Waals surface area contributed by atoms with E-state index in [2.05, 4.69) is 10.2 Å². The molecule has 0 radical (unpaired) electrons. The summed E-state index contributed by atoms with van der Waals surface area (Å²) in [5.74, 6) is -0.167. The quantitative estimate of drug-likeness (QED) is 0.632. The summed E-state index contributed by atoms with van der Waals surface area (Å²) < 4.78 is 0. The number of nitro benzene ring substituents is 1. The summed E-state index contributed by atoms with van der Waals surface area (Å²) in [4.78, 5) is 25.1. The van der Waals surface area contributed by atoms with E-state index in [1.54, 1.807) is 12.1 Å². The number of rotatable bonds is 5. The number of piperidine rings is 1. The first-order chi connectivity index (χ1) is 12.5. The van der Waals surface area contributed by atoms with Crippen molar-refractivity contribution in [3.05, 3.63) is 69.2 Å². The van der Waals surface area contributed by atoms with Gasteiger partial charge in [-0.05, 0) is 43.6 Å². The lowest BCUT2D eigenvalue weighted by Gasteiger charge is -2.31. The molecule has 0 spiro atoms. The Morgan fingerprint density at radius 1 is 1.19 bits per heavy atom. The van der Waals surface area contributed by atoms with Crippen molar-refractivity contribution in [2.75, 3.05) is 18.4 Å². The monoisotopic (exact) mass is 373 g/mol. The Morgan fingerprint density at radius 2 is 1.92 bits per heavy atom. The zero-order valence-electron chi connectivity index (χ0n) is 14.2. The average molecular weight is 374 g/mol. The number of carbonyl (C=O) groups excluding carboxylic acids is 1. The third-order valence-corrected chi connectivity index (χ3v) is 5.00. The lowest BCUT2D eigenvalue weighted by Crippen LogP contribution is -2.37. The molecule has 1 aliphatic rings. The van der Waals surface area contributed by atoms with Gasteiger partial charge in [0.25, 0.3) is 5.69 Å². The molecule has 0 bridgehead atoms. The number of benzene rings is 2. The van der Waals surface area contributed by atoms with Gasteiger partial charge < -0.3 is 5.32 Å². The van der Waals surface area contributed by atoms with Gasteiger partial charge >= 0.3 is 0 Å². The van der Waals surface area contributed by atoms with Crippen LogP contribution in [-0.2, 0) is 11.3 Å². The van der Waals surface area contributed by atoms with Gasteiger partial charge in [0, 0.05) is 35.3 Å². The molecule has 7 heteroatoms. The van der Waals surface area contributed by atoms with E-state index < -0.39 is 4.92 Å². The van der Waals surface area contributed by atoms with Crippen LogP contribution in [0.4, 0.5) is 11.4 Å². The normalized spacial score (nSPS) is 15.6. The van der Waals surface area contributed by atoms with Crippen LogP contribution in [-0.4, -0.2) is 28.8 Å². The zero-order valence-corrected chi connectivity index (χ0v) is 15.0. The SMILES string of the molecule is O=C(Nc1cccc([N+](=O)[O-])c1)C1CCN(Cc2ccccc2Cl)CC1. The number of non-ortho nitro benzene ring substituents is 1. The molecular formula is C19H20ClN3O3. The van der Waals surface area contributed by atoms with Crippen LogP contribution in [0.25, 0.3) is 0 Å². The molecule has 1 N–H and O–H groups in total. The van der Waals surface area contributed by atoms with Crippen LogP contribution in [0.15, 0.2) is 48.5 Å². The third kappa shape index (κ3) is 4.59. The number of amides is 1. The van der Waals surface area contributed by atoms with E-state index >= 15 is 0 Å². The molecular weight excluding hydrogens is 354 g/mol. The predicted octanol–water partition coefficient (Wildman–Crippen LogP) is 4.10. The van der Waals surface area contributed by atoms with E-state index in [4.69, 9.17) is 11.6 Å². The minimum absolute atomic E-state index is 0.0302. The molecule has 0 aliphatic carbocycles. The Hall–Kier alpha value is -2.44. The predicted molar refractivity (Wildman–Crippen MR) is 101 cm³/mol. The van der Waals surface area contributed by atoms with Crippen LogP contribution >= 0.6 is 11.6 Å². The Kier molecular flexibility index (Phi) is 5.85. The van der Waals surface area contributed by atoms with Gasteiger partial charge in [-0.3, -0.25) is 19.8 Å². The standard InChI is InChI=1S/C19H20ClN3O3/c20-18-7-2-1-4-15(18)13-22-10-8-14(9-11-22)19(24)21-16-5-3-6-17(12-16)23(25)26/h1-7,12,14H,8-11,13H2,(H,21,24). The first-order valence-electron chi connectivity index (χ1n) is 8.54. The van der Waals surface area contributed by atoms with Crippen molar-refractivity contribution in [2.45, 2.75) is 19.4 Å². The van der Waals surface area contributed by atoms with E-state index in [0.29, 0.717) is 5.69 Å². The van der Waals surface area contributed by atoms with Gasteiger partial charge in [0.05, 0.1) is 4.92 Å². The molecule has 6 nitrogen and oxygen atoms in total. The van der Waals surface area contributed by atoms with Gasteiger partial charge in [0.1, 0.15) is 0 Å². The van der Waals surface area contributed by atoms with Crippen LogP contribution in [0.1, 0.15) is 18.4 Å². The van der Waals surface area contributed by atoms with E-state index in [-0.39, 0.29) is 17.5 Å². The molecule has 2 aromatic rings. The Morgan fingerprint density at radius 3 is 2.62 bits per heavy atom. The fourth-order valence-corrected chi connectivity index (χ4v) is 3.36. The molecule has 3 rings (SSSR count). The fourth-order valence-electron chi connectivity index (χ4n) is 3.16. The highest BCUT2D eigenvalue weighted by Crippen LogP contribution is 2.24. The van der Waals surface area contributed by atoms with E-state index in [1.165, 1.54) is 12.1 Å². The van der Waals surface area contributed by atoms with Gasteiger partial charge in [-0.2, -0.15) is 0 Å². The first kappa shape index (κ1) is 18.4. The largest absolute Gasteiger partial charge is 0.326 e. The van der Waals surface area contributed by atoms with Gasteiger partial charge in [-0.15, -0.1) is 0 Å². The second-order valence-corrected chi connectivity index (χ2v) is 6.85. The molecule has 1 fully saturated rings. The van der Waals surface area contributed by atoms with E-state index in [0.717, 1.165) is 43.1 Å². The molecule has 1 amide bonds. The number of hydrogen-bond acceptors (Lipinski definition) is 4. The molecule has 2 aromatic carbocycles. The smallest absolute Gasteiger partial charge is 0.271 e. The number of nitrogens with one attached hydrogen (secondary N) is 1. The maximum atomic E-state index is 12.4. The summed E-state index contributed by atoms with van der Waals surface area (Å²) in [6.45, 7) is 2.41. The van der Waals surface area contributed by atoms with Gasteiger partial charge in [0.15, 0.2) is 0 Å². The Bertz CT molecular complexity index is 804. The molecule has 26 heavy (non-hydrogen) atoms. The maximum absolute atomic E-state index is 12.4. The number of anilines is 1. The summed E-state index contributed by atoms with van der Waals surface area (Å²) in [6, 6.07) is 13.8. The van der Waals surface area contributed by atoms with E-state index in [1.807, 2.05) is 24.3 Å². The van der Waals surface area contributed by atoms with Crippen LogP contribution in [0, 0.1) is 16.0 Å². The number of hydrogen-bond donors (Lipinski definition) is 1. The zero-order chi connectivity index (χ0) is 18.5. The second-order valence-electron chi connectivity index (χ2n) is 6.44. The molecule has 1 aliphatic heterocycles. The first-order valence-corrected chi connectivity index (χ1v) is 8.92. The van der Waals surface area contributed by atoms with Crippen molar-refractivity contribution < 1.29 is 9.72 Å². The highest BCUT2D eigenvalue weighted by molar-refractivity contribution is 6.31. The highest BCUT2D eigenvalue weighted by Gasteiger charge is 2.25. The minimum atomic E-state index is -0.469. The van der Waals surface area contributed by atoms with Crippen molar-refractivity contribution in [1.29, 1.82) is 0 Å². The minimum Gasteiger partial charge on any atom is -0.326 e. The van der Waals surface area contributed by atoms with Crippen molar-refractivity contribution in [3.63, 3.8) is 0 Å². The van der Waals surface area contributed by atoms with Gasteiger partial charge in [-0.1, -0.05) is 35.9 Å². The third-order valence-electron chi connectivity index (χ3n) is 4.63. The molecule has 1 heterocycles. The van der Waals surface area contributed by atoms with Crippen LogP contribution < -0.4 is 5.32 Å². The number of carbonyl (C=O) groups is 1. The van der Waals surface area contributed by atoms with Gasteiger partial charge in [-0.25, -0.2) is 0 Å². The molecule has 0 aromatic heterocycles. The topological polar surface area (TPSA) is 75.5 Å².